The molecule has 18 heavy (non-hydrogen) atoms. The van der Waals surface area contributed by atoms with Crippen LogP contribution in [-0.2, 0) is 10.0 Å². The summed E-state index contributed by atoms with van der Waals surface area (Å²) in [5.74, 6) is 0. The number of nitrogens with zero attached hydrogens (tertiary/aromatic N) is 1. The first-order valence-electron chi connectivity index (χ1n) is 6.27. The maximum Gasteiger partial charge on any atom is 0.243 e. The fraction of sp³-hybridized carbons (Fsp3) is 0.538. The second kappa shape index (κ2) is 4.55. The summed E-state index contributed by atoms with van der Waals surface area (Å²) in [5, 5.41) is 0. The number of hydrogen-bond donors (Lipinski definition) is 1. The SMILES string of the molecule is CCN(C1CC1)S(=O)(=O)c1c(C)ccc(N)c1C. The summed E-state index contributed by atoms with van der Waals surface area (Å²) in [5.41, 5.74) is 7.80. The van der Waals surface area contributed by atoms with E-state index in [1.807, 2.05) is 13.8 Å². The predicted octanol–water partition coefficient (Wildman–Crippen LogP) is 2.06. The highest BCUT2D eigenvalue weighted by molar-refractivity contribution is 7.89. The maximum absolute atomic E-state index is 12.7. The van der Waals surface area contributed by atoms with Gasteiger partial charge in [-0.15, -0.1) is 0 Å². The molecule has 0 atom stereocenters. The Morgan fingerprint density at radius 2 is 1.94 bits per heavy atom. The van der Waals surface area contributed by atoms with Gasteiger partial charge in [0.1, 0.15) is 0 Å². The Morgan fingerprint density at radius 3 is 2.44 bits per heavy atom. The molecule has 1 aliphatic rings. The van der Waals surface area contributed by atoms with Crippen LogP contribution in [0.2, 0.25) is 0 Å². The summed E-state index contributed by atoms with van der Waals surface area (Å²) in [6, 6.07) is 3.72. The van der Waals surface area contributed by atoms with Gasteiger partial charge in [0.05, 0.1) is 4.90 Å². The lowest BCUT2D eigenvalue weighted by Crippen LogP contribution is -2.33. The lowest BCUT2D eigenvalue weighted by Gasteiger charge is -2.23. The van der Waals surface area contributed by atoms with Gasteiger partial charge in [0.25, 0.3) is 0 Å². The van der Waals surface area contributed by atoms with Gasteiger partial charge in [-0.2, -0.15) is 4.31 Å². The van der Waals surface area contributed by atoms with E-state index in [4.69, 9.17) is 5.73 Å². The lowest BCUT2D eigenvalue weighted by molar-refractivity contribution is 0.420. The summed E-state index contributed by atoms with van der Waals surface area (Å²) >= 11 is 0. The van der Waals surface area contributed by atoms with Crippen LogP contribution < -0.4 is 5.73 Å². The van der Waals surface area contributed by atoms with Gasteiger partial charge in [0, 0.05) is 18.3 Å². The summed E-state index contributed by atoms with van der Waals surface area (Å²) in [6.07, 6.45) is 1.93. The minimum atomic E-state index is -3.42. The van der Waals surface area contributed by atoms with Crippen LogP contribution in [0, 0.1) is 13.8 Å². The molecule has 0 heterocycles. The molecule has 1 aromatic carbocycles. The zero-order chi connectivity index (χ0) is 13.5. The van der Waals surface area contributed by atoms with Crippen molar-refractivity contribution < 1.29 is 8.42 Å². The number of sulfonamides is 1. The smallest absolute Gasteiger partial charge is 0.243 e. The first-order valence-corrected chi connectivity index (χ1v) is 7.71. The summed E-state index contributed by atoms with van der Waals surface area (Å²) in [4.78, 5) is 0.385. The maximum atomic E-state index is 12.7. The van der Waals surface area contributed by atoms with Crippen LogP contribution in [-0.4, -0.2) is 25.3 Å². The van der Waals surface area contributed by atoms with Gasteiger partial charge in [-0.3, -0.25) is 0 Å². The lowest BCUT2D eigenvalue weighted by atomic mass is 10.1. The highest BCUT2D eigenvalue weighted by atomic mass is 32.2. The molecule has 0 bridgehead atoms. The van der Waals surface area contributed by atoms with Gasteiger partial charge in [-0.05, 0) is 43.9 Å². The zero-order valence-electron chi connectivity index (χ0n) is 11.1. The van der Waals surface area contributed by atoms with Crippen molar-refractivity contribution in [3.05, 3.63) is 23.3 Å². The van der Waals surface area contributed by atoms with Gasteiger partial charge in [0.15, 0.2) is 0 Å². The molecule has 1 fully saturated rings. The van der Waals surface area contributed by atoms with E-state index in [9.17, 15) is 8.42 Å². The van der Waals surface area contributed by atoms with Gasteiger partial charge >= 0.3 is 0 Å². The monoisotopic (exact) mass is 268 g/mol. The third-order valence-corrected chi connectivity index (χ3v) is 5.80. The van der Waals surface area contributed by atoms with Gasteiger partial charge < -0.3 is 5.73 Å². The summed E-state index contributed by atoms with van der Waals surface area (Å²) in [7, 11) is -3.42. The van der Waals surface area contributed by atoms with Crippen molar-refractivity contribution in [2.45, 2.75) is 44.6 Å². The van der Waals surface area contributed by atoms with Crippen LogP contribution in [0.1, 0.15) is 30.9 Å². The topological polar surface area (TPSA) is 63.4 Å². The fourth-order valence-corrected chi connectivity index (χ4v) is 4.50. The van der Waals surface area contributed by atoms with Crippen molar-refractivity contribution in [2.75, 3.05) is 12.3 Å². The molecule has 0 radical (unpaired) electrons. The Bertz CT molecular complexity index is 563. The second-order valence-electron chi connectivity index (χ2n) is 4.87. The minimum Gasteiger partial charge on any atom is -0.398 e. The third-order valence-electron chi connectivity index (χ3n) is 3.48. The first-order chi connectivity index (χ1) is 8.39. The van der Waals surface area contributed by atoms with Crippen LogP contribution in [0.5, 0.6) is 0 Å². The Morgan fingerprint density at radius 1 is 1.33 bits per heavy atom. The number of aryl methyl sites for hydroxylation is 1. The molecular weight excluding hydrogens is 248 g/mol. The summed E-state index contributed by atoms with van der Waals surface area (Å²) < 4.78 is 27.0. The molecule has 2 rings (SSSR count). The van der Waals surface area contributed by atoms with Crippen LogP contribution in [0.15, 0.2) is 17.0 Å². The standard InChI is InChI=1S/C13H20N2O2S/c1-4-15(11-6-7-11)18(16,17)13-9(2)5-8-12(14)10(13)3/h5,8,11H,4,6-7,14H2,1-3H3. The second-order valence-corrected chi connectivity index (χ2v) is 6.69. The van der Waals surface area contributed by atoms with Gasteiger partial charge in [-0.1, -0.05) is 13.0 Å². The summed E-state index contributed by atoms with van der Waals surface area (Å²) in [6.45, 7) is 5.99. The Balaban J connectivity index is 2.56. The molecule has 0 unspecified atom stereocenters. The van der Waals surface area contributed by atoms with E-state index in [1.54, 1.807) is 23.4 Å². The average molecular weight is 268 g/mol. The molecule has 4 nitrogen and oxygen atoms in total. The van der Waals surface area contributed by atoms with E-state index in [0.29, 0.717) is 22.7 Å². The normalized spacial score (nSPS) is 16.2. The number of rotatable bonds is 4. The molecule has 0 saturated heterocycles. The molecule has 0 aliphatic heterocycles. The number of benzene rings is 1. The number of nitrogen functional groups attached to an aromatic ring is 1. The number of nitrogens with two attached hydrogens (primary N) is 1. The molecule has 2 N–H and O–H groups in total. The predicted molar refractivity (Wildman–Crippen MR) is 72.9 cm³/mol. The van der Waals surface area contributed by atoms with E-state index in [-0.39, 0.29) is 6.04 Å². The Labute approximate surface area is 109 Å². The van der Waals surface area contributed by atoms with Crippen molar-refractivity contribution in [3.8, 4) is 0 Å². The van der Waals surface area contributed by atoms with Crippen molar-refractivity contribution in [2.24, 2.45) is 0 Å². The van der Waals surface area contributed by atoms with E-state index in [2.05, 4.69) is 0 Å². The molecular formula is C13H20N2O2S. The highest BCUT2D eigenvalue weighted by Gasteiger charge is 2.38. The molecule has 0 spiro atoms. The minimum absolute atomic E-state index is 0.181. The first kappa shape index (κ1) is 13.4. The number of hydrogen-bond acceptors (Lipinski definition) is 3. The molecule has 100 valence electrons. The Kier molecular flexibility index (Phi) is 3.38. The molecule has 5 heteroatoms. The van der Waals surface area contributed by atoms with Crippen LogP contribution >= 0.6 is 0 Å². The largest absolute Gasteiger partial charge is 0.398 e. The highest BCUT2D eigenvalue weighted by Crippen LogP contribution is 2.34. The van der Waals surface area contributed by atoms with Crippen molar-refractivity contribution in [1.29, 1.82) is 0 Å². The molecule has 1 aliphatic carbocycles. The van der Waals surface area contributed by atoms with Crippen molar-refractivity contribution >= 4 is 15.7 Å². The van der Waals surface area contributed by atoms with E-state index < -0.39 is 10.0 Å². The zero-order valence-corrected chi connectivity index (χ0v) is 11.9. The van der Waals surface area contributed by atoms with E-state index >= 15 is 0 Å². The van der Waals surface area contributed by atoms with Crippen LogP contribution in [0.4, 0.5) is 5.69 Å². The Hall–Kier alpha value is -1.07. The van der Waals surface area contributed by atoms with Crippen molar-refractivity contribution in [3.63, 3.8) is 0 Å². The van der Waals surface area contributed by atoms with Gasteiger partial charge in [-0.25, -0.2) is 8.42 Å². The van der Waals surface area contributed by atoms with E-state index in [0.717, 1.165) is 18.4 Å². The fourth-order valence-electron chi connectivity index (χ4n) is 2.34. The van der Waals surface area contributed by atoms with Crippen LogP contribution in [0.3, 0.4) is 0 Å². The number of anilines is 1. The van der Waals surface area contributed by atoms with Crippen LogP contribution in [0.25, 0.3) is 0 Å². The molecule has 0 aromatic heterocycles. The quantitative estimate of drug-likeness (QED) is 0.850. The molecule has 1 aromatic rings. The molecule has 1 saturated carbocycles. The van der Waals surface area contributed by atoms with E-state index in [1.165, 1.54) is 0 Å². The molecule has 0 amide bonds. The third kappa shape index (κ3) is 2.12. The van der Waals surface area contributed by atoms with Crippen molar-refractivity contribution in [1.82, 2.24) is 4.31 Å². The van der Waals surface area contributed by atoms with Gasteiger partial charge in [0.2, 0.25) is 10.0 Å². The average Bonchev–Trinajstić information content (AvgIpc) is 3.08.